The molecule has 0 aliphatic carbocycles. The number of nitrogens with one attached hydrogen (secondary N) is 1. The van der Waals surface area contributed by atoms with Gasteiger partial charge in [0.2, 0.25) is 5.91 Å². The van der Waals surface area contributed by atoms with Crippen molar-refractivity contribution in [3.8, 4) is 17.6 Å². The molecule has 0 saturated carbocycles. The van der Waals surface area contributed by atoms with Crippen molar-refractivity contribution >= 4 is 5.91 Å². The van der Waals surface area contributed by atoms with Crippen molar-refractivity contribution in [2.75, 3.05) is 6.61 Å². The van der Waals surface area contributed by atoms with E-state index in [1.807, 2.05) is 37.3 Å². The molecule has 0 fully saturated rings. The molecule has 1 aromatic rings. The van der Waals surface area contributed by atoms with E-state index >= 15 is 0 Å². The molecular formula is C13H14N2O3. The minimum atomic E-state index is -0.299. The normalized spacial score (nSPS) is 18.6. The fourth-order valence-electron chi connectivity index (χ4n) is 1.75. The summed E-state index contributed by atoms with van der Waals surface area (Å²) < 4.78 is 11.3. The van der Waals surface area contributed by atoms with Crippen LogP contribution in [0.2, 0.25) is 0 Å². The summed E-state index contributed by atoms with van der Waals surface area (Å²) in [5, 5.41) is 11.1. The molecule has 1 aliphatic rings. The van der Waals surface area contributed by atoms with Gasteiger partial charge in [-0.25, -0.2) is 0 Å². The number of rotatable bonds is 3. The van der Waals surface area contributed by atoms with Gasteiger partial charge in [0, 0.05) is 0 Å². The fraction of sp³-hybridized carbons (Fsp3) is 0.385. The van der Waals surface area contributed by atoms with E-state index in [1.165, 1.54) is 0 Å². The van der Waals surface area contributed by atoms with Crippen LogP contribution in [0.4, 0.5) is 0 Å². The molecule has 2 atom stereocenters. The van der Waals surface area contributed by atoms with E-state index in [1.54, 1.807) is 0 Å². The minimum absolute atomic E-state index is 0.144. The first-order valence-corrected chi connectivity index (χ1v) is 5.75. The number of carbonyl (C=O) groups is 1. The Morgan fingerprint density at radius 2 is 2.28 bits per heavy atom. The standard InChI is InChI=1S/C13H14N2O3/c1-9(15-13(16)6-7-14)12-8-17-10-4-2-3-5-11(10)18-12/h2-5,9,12H,6,8H2,1H3,(H,15,16). The van der Waals surface area contributed by atoms with Crippen molar-refractivity contribution in [2.45, 2.75) is 25.5 Å². The lowest BCUT2D eigenvalue weighted by atomic mass is 10.1. The van der Waals surface area contributed by atoms with Gasteiger partial charge in [-0.05, 0) is 19.1 Å². The number of benzene rings is 1. The van der Waals surface area contributed by atoms with E-state index < -0.39 is 0 Å². The maximum atomic E-state index is 11.3. The molecule has 1 aliphatic heterocycles. The minimum Gasteiger partial charge on any atom is -0.486 e. The van der Waals surface area contributed by atoms with Gasteiger partial charge in [0.1, 0.15) is 13.0 Å². The van der Waals surface area contributed by atoms with E-state index in [0.29, 0.717) is 18.1 Å². The second-order valence-electron chi connectivity index (χ2n) is 4.11. The van der Waals surface area contributed by atoms with Gasteiger partial charge in [-0.1, -0.05) is 12.1 Å². The Bertz CT molecular complexity index is 481. The highest BCUT2D eigenvalue weighted by molar-refractivity contribution is 5.78. The summed E-state index contributed by atoms with van der Waals surface area (Å²) in [4.78, 5) is 11.3. The SMILES string of the molecule is CC(NC(=O)CC#N)C1COc2ccccc2O1. The van der Waals surface area contributed by atoms with Crippen LogP contribution in [0.5, 0.6) is 11.5 Å². The van der Waals surface area contributed by atoms with Crippen LogP contribution < -0.4 is 14.8 Å². The second-order valence-corrected chi connectivity index (χ2v) is 4.11. The van der Waals surface area contributed by atoms with Gasteiger partial charge in [-0.2, -0.15) is 5.26 Å². The lowest BCUT2D eigenvalue weighted by Gasteiger charge is -2.30. The molecule has 94 valence electrons. The first kappa shape index (κ1) is 12.2. The van der Waals surface area contributed by atoms with Crippen LogP contribution in [0.3, 0.4) is 0 Å². The van der Waals surface area contributed by atoms with Crippen molar-refractivity contribution in [3.05, 3.63) is 24.3 Å². The van der Waals surface area contributed by atoms with Crippen LogP contribution in [0.25, 0.3) is 0 Å². The molecule has 2 unspecified atom stereocenters. The van der Waals surface area contributed by atoms with Gasteiger partial charge in [-0.3, -0.25) is 4.79 Å². The van der Waals surface area contributed by atoms with Crippen LogP contribution in [-0.2, 0) is 4.79 Å². The van der Waals surface area contributed by atoms with Gasteiger partial charge in [-0.15, -0.1) is 0 Å². The average Bonchev–Trinajstić information content (AvgIpc) is 2.38. The summed E-state index contributed by atoms with van der Waals surface area (Å²) in [6.07, 6.45) is -0.392. The summed E-state index contributed by atoms with van der Waals surface area (Å²) >= 11 is 0. The molecule has 0 aromatic heterocycles. The first-order chi connectivity index (χ1) is 8.70. The Hall–Kier alpha value is -2.22. The van der Waals surface area contributed by atoms with Crippen LogP contribution in [0, 0.1) is 11.3 Å². The lowest BCUT2D eigenvalue weighted by Crippen LogP contribution is -2.48. The van der Waals surface area contributed by atoms with Crippen LogP contribution in [0.1, 0.15) is 13.3 Å². The third-order valence-corrected chi connectivity index (χ3v) is 2.72. The fourth-order valence-corrected chi connectivity index (χ4v) is 1.75. The third kappa shape index (κ3) is 2.72. The highest BCUT2D eigenvalue weighted by atomic mass is 16.6. The van der Waals surface area contributed by atoms with Gasteiger partial charge < -0.3 is 14.8 Å². The zero-order chi connectivity index (χ0) is 13.0. The average molecular weight is 246 g/mol. The van der Waals surface area contributed by atoms with Gasteiger partial charge in [0.25, 0.3) is 0 Å². The second kappa shape index (κ2) is 5.41. The van der Waals surface area contributed by atoms with Crippen molar-refractivity contribution in [2.24, 2.45) is 0 Å². The quantitative estimate of drug-likeness (QED) is 0.871. The van der Waals surface area contributed by atoms with Gasteiger partial charge in [0.05, 0.1) is 12.1 Å². The zero-order valence-corrected chi connectivity index (χ0v) is 10.1. The molecule has 1 aromatic carbocycles. The number of amides is 1. The van der Waals surface area contributed by atoms with Crippen molar-refractivity contribution in [1.29, 1.82) is 5.26 Å². The summed E-state index contributed by atoms with van der Waals surface area (Å²) in [6.45, 7) is 2.21. The lowest BCUT2D eigenvalue weighted by molar-refractivity contribution is -0.121. The summed E-state index contributed by atoms with van der Waals surface area (Å²) in [7, 11) is 0. The van der Waals surface area contributed by atoms with Gasteiger partial charge in [0.15, 0.2) is 17.6 Å². The summed E-state index contributed by atoms with van der Waals surface area (Å²) in [6, 6.07) is 9.00. The molecule has 1 amide bonds. The van der Waals surface area contributed by atoms with E-state index in [-0.39, 0.29) is 24.5 Å². The summed E-state index contributed by atoms with van der Waals surface area (Å²) in [5.41, 5.74) is 0. The van der Waals surface area contributed by atoms with E-state index in [0.717, 1.165) is 0 Å². The Kier molecular flexibility index (Phi) is 3.68. The van der Waals surface area contributed by atoms with E-state index in [9.17, 15) is 4.79 Å². The number of hydrogen-bond acceptors (Lipinski definition) is 4. The predicted octanol–water partition coefficient (Wildman–Crippen LogP) is 1.24. The smallest absolute Gasteiger partial charge is 0.234 e. The number of nitrogens with zero attached hydrogens (tertiary/aromatic N) is 1. The molecule has 0 saturated heterocycles. The maximum absolute atomic E-state index is 11.3. The number of nitriles is 1. The molecule has 1 heterocycles. The monoisotopic (exact) mass is 246 g/mol. The molecule has 2 rings (SSSR count). The molecule has 5 nitrogen and oxygen atoms in total. The van der Waals surface area contributed by atoms with E-state index in [4.69, 9.17) is 14.7 Å². The number of carbonyl (C=O) groups excluding carboxylic acids is 1. The molecule has 18 heavy (non-hydrogen) atoms. The molecule has 0 bridgehead atoms. The molecule has 0 spiro atoms. The largest absolute Gasteiger partial charge is 0.486 e. The number of para-hydroxylation sites is 2. The number of fused-ring (bicyclic) bond motifs is 1. The highest BCUT2D eigenvalue weighted by Gasteiger charge is 2.26. The molecule has 1 N–H and O–H groups in total. The molecular weight excluding hydrogens is 232 g/mol. The predicted molar refractivity (Wildman–Crippen MR) is 64.2 cm³/mol. The zero-order valence-electron chi connectivity index (χ0n) is 10.1. The van der Waals surface area contributed by atoms with Crippen molar-refractivity contribution < 1.29 is 14.3 Å². The van der Waals surface area contributed by atoms with Gasteiger partial charge >= 0.3 is 0 Å². The highest BCUT2D eigenvalue weighted by Crippen LogP contribution is 2.31. The van der Waals surface area contributed by atoms with Crippen molar-refractivity contribution in [1.82, 2.24) is 5.32 Å². The summed E-state index contributed by atoms with van der Waals surface area (Å²) in [5.74, 6) is 1.09. The van der Waals surface area contributed by atoms with Crippen LogP contribution >= 0.6 is 0 Å². The molecule has 5 heteroatoms. The Morgan fingerprint density at radius 1 is 1.56 bits per heavy atom. The maximum Gasteiger partial charge on any atom is 0.234 e. The van der Waals surface area contributed by atoms with E-state index in [2.05, 4.69) is 5.32 Å². The Balaban J connectivity index is 1.96. The Morgan fingerprint density at radius 3 is 3.00 bits per heavy atom. The number of hydrogen-bond donors (Lipinski definition) is 1. The number of ether oxygens (including phenoxy) is 2. The van der Waals surface area contributed by atoms with Crippen molar-refractivity contribution in [3.63, 3.8) is 0 Å². The third-order valence-electron chi connectivity index (χ3n) is 2.72. The van der Waals surface area contributed by atoms with Crippen LogP contribution in [-0.4, -0.2) is 24.7 Å². The van der Waals surface area contributed by atoms with Crippen LogP contribution in [0.15, 0.2) is 24.3 Å². The first-order valence-electron chi connectivity index (χ1n) is 5.75. The molecule has 0 radical (unpaired) electrons. The Labute approximate surface area is 105 Å². The topological polar surface area (TPSA) is 71.4 Å².